The Hall–Kier alpha value is -3.98. The molecule has 1 heterocycles. The minimum absolute atomic E-state index is 0.0401. The molecule has 0 radical (unpaired) electrons. The van der Waals surface area contributed by atoms with Gasteiger partial charge in [-0.15, -0.1) is 0 Å². The summed E-state index contributed by atoms with van der Waals surface area (Å²) in [4.78, 5) is 30.7. The van der Waals surface area contributed by atoms with Crippen molar-refractivity contribution < 1.29 is 28.2 Å². The Bertz CT molecular complexity index is 1390. The smallest absolute Gasteiger partial charge is 0.251 e. The monoisotopic (exact) mass is 593 g/mol. The number of hydrogen-bond acceptors (Lipinski definition) is 5. The van der Waals surface area contributed by atoms with Crippen LogP contribution in [0.15, 0.2) is 60.7 Å². The molecule has 4 rings (SSSR count). The number of halogens is 2. The molecule has 7 nitrogen and oxygen atoms in total. The van der Waals surface area contributed by atoms with Crippen LogP contribution in [-0.4, -0.2) is 53.0 Å². The van der Waals surface area contributed by atoms with Crippen molar-refractivity contribution in [3.8, 4) is 11.5 Å². The molecule has 0 spiro atoms. The largest absolute Gasteiger partial charge is 0.504 e. The number of rotatable bonds is 12. The Morgan fingerprint density at radius 1 is 0.953 bits per heavy atom. The summed E-state index contributed by atoms with van der Waals surface area (Å²) < 4.78 is 31.8. The van der Waals surface area contributed by atoms with E-state index in [1.807, 2.05) is 36.9 Å². The Labute approximate surface area is 252 Å². The second-order valence-corrected chi connectivity index (χ2v) is 11.1. The van der Waals surface area contributed by atoms with Crippen molar-refractivity contribution >= 4 is 11.8 Å². The van der Waals surface area contributed by atoms with E-state index in [0.717, 1.165) is 62.0 Å². The summed E-state index contributed by atoms with van der Waals surface area (Å²) in [5.74, 6) is -1.50. The van der Waals surface area contributed by atoms with Gasteiger partial charge in [-0.1, -0.05) is 38.1 Å². The third kappa shape index (κ3) is 8.32. The molecule has 1 aliphatic heterocycles. The minimum Gasteiger partial charge on any atom is -0.504 e. The highest BCUT2D eigenvalue weighted by Crippen LogP contribution is 2.28. The zero-order valence-electron chi connectivity index (χ0n) is 25.1. The van der Waals surface area contributed by atoms with Gasteiger partial charge in [-0.25, -0.2) is 8.78 Å². The van der Waals surface area contributed by atoms with Crippen LogP contribution in [0, 0.1) is 17.6 Å². The Balaban J connectivity index is 1.38. The van der Waals surface area contributed by atoms with Gasteiger partial charge >= 0.3 is 0 Å². The number of ether oxygens (including phenoxy) is 1. The van der Waals surface area contributed by atoms with E-state index in [0.29, 0.717) is 30.0 Å². The quantitative estimate of drug-likeness (QED) is 0.268. The number of phenols is 1. The number of benzene rings is 3. The average molecular weight is 594 g/mol. The van der Waals surface area contributed by atoms with E-state index in [9.17, 15) is 23.5 Å². The zero-order valence-corrected chi connectivity index (χ0v) is 25.1. The van der Waals surface area contributed by atoms with E-state index in [1.165, 1.54) is 13.2 Å². The zero-order chi connectivity index (χ0) is 30.9. The number of aromatic hydroxyl groups is 1. The van der Waals surface area contributed by atoms with Gasteiger partial charge in [0.15, 0.2) is 23.1 Å². The second-order valence-electron chi connectivity index (χ2n) is 11.1. The van der Waals surface area contributed by atoms with Crippen molar-refractivity contribution in [3.63, 3.8) is 0 Å². The maximum atomic E-state index is 13.7. The highest BCUT2D eigenvalue weighted by atomic mass is 19.2. The molecule has 0 bridgehead atoms. The van der Waals surface area contributed by atoms with Crippen LogP contribution in [0.4, 0.5) is 8.78 Å². The first-order valence-electron chi connectivity index (χ1n) is 14.9. The summed E-state index contributed by atoms with van der Waals surface area (Å²) in [7, 11) is 1.53. The van der Waals surface area contributed by atoms with Crippen LogP contribution in [-0.2, 0) is 24.4 Å². The van der Waals surface area contributed by atoms with Gasteiger partial charge in [0.1, 0.15) is 0 Å². The highest BCUT2D eigenvalue weighted by molar-refractivity contribution is 5.94. The van der Waals surface area contributed by atoms with E-state index in [-0.39, 0.29) is 36.1 Å². The first-order valence-corrected chi connectivity index (χ1v) is 14.9. The molecule has 43 heavy (non-hydrogen) atoms. The molecule has 2 N–H and O–H groups in total. The average Bonchev–Trinajstić information content (AvgIpc) is 3.01. The lowest BCUT2D eigenvalue weighted by Gasteiger charge is -2.40. The van der Waals surface area contributed by atoms with Gasteiger partial charge in [-0.3, -0.25) is 14.5 Å². The Morgan fingerprint density at radius 2 is 1.60 bits per heavy atom. The minimum atomic E-state index is -0.952. The molecule has 0 atom stereocenters. The topological polar surface area (TPSA) is 82.1 Å². The molecule has 3 aromatic rings. The number of phenolic OH excluding ortho intramolecular Hbond substituents is 1. The van der Waals surface area contributed by atoms with Crippen molar-refractivity contribution in [1.29, 1.82) is 0 Å². The van der Waals surface area contributed by atoms with Gasteiger partial charge in [0.25, 0.3) is 5.91 Å². The number of likely N-dealkylation sites (tertiary alicyclic amines) is 1. The maximum Gasteiger partial charge on any atom is 0.251 e. The van der Waals surface area contributed by atoms with Crippen molar-refractivity contribution in [3.05, 3.63) is 94.6 Å². The summed E-state index contributed by atoms with van der Waals surface area (Å²) in [6.45, 7) is 7.01. The van der Waals surface area contributed by atoms with Crippen molar-refractivity contribution in [2.75, 3.05) is 20.2 Å². The maximum absolute atomic E-state index is 13.7. The predicted octanol–water partition coefficient (Wildman–Crippen LogP) is 6.04. The van der Waals surface area contributed by atoms with Crippen molar-refractivity contribution in [2.45, 2.75) is 65.2 Å². The molecule has 9 heteroatoms. The van der Waals surface area contributed by atoms with Crippen LogP contribution in [0.1, 0.15) is 66.6 Å². The first-order chi connectivity index (χ1) is 20.7. The summed E-state index contributed by atoms with van der Waals surface area (Å²) in [6, 6.07) is 16.3. The molecule has 230 valence electrons. The SMILES string of the molecule is CCC(CC)C(=O)N(Cc1ccc(C(=O)NCc2ccc(F)c(F)c2)cc1)C1CCN(Cc2ccc(OC)c(O)c2)CC1. The van der Waals surface area contributed by atoms with Crippen molar-refractivity contribution in [2.24, 2.45) is 5.92 Å². The van der Waals surface area contributed by atoms with Crippen LogP contribution in [0.5, 0.6) is 11.5 Å². The molecule has 0 unspecified atom stereocenters. The summed E-state index contributed by atoms with van der Waals surface area (Å²) in [5.41, 5.74) is 2.86. The number of methoxy groups -OCH3 is 1. The molecular weight excluding hydrogens is 552 g/mol. The number of amides is 2. The number of piperidine rings is 1. The van der Waals surface area contributed by atoms with Crippen LogP contribution in [0.25, 0.3) is 0 Å². The fourth-order valence-electron chi connectivity index (χ4n) is 5.63. The molecule has 2 amide bonds. The van der Waals surface area contributed by atoms with Gasteiger partial charge in [0.05, 0.1) is 7.11 Å². The predicted molar refractivity (Wildman–Crippen MR) is 162 cm³/mol. The third-order valence-corrected chi connectivity index (χ3v) is 8.27. The molecule has 0 aromatic heterocycles. The number of hydrogen-bond donors (Lipinski definition) is 2. The fourth-order valence-corrected chi connectivity index (χ4v) is 5.63. The number of carbonyl (C=O) groups excluding carboxylic acids is 2. The summed E-state index contributed by atoms with van der Waals surface area (Å²) in [5, 5.41) is 12.9. The lowest BCUT2D eigenvalue weighted by atomic mass is 9.96. The third-order valence-electron chi connectivity index (χ3n) is 8.27. The van der Waals surface area contributed by atoms with Gasteiger partial charge in [0, 0.05) is 50.2 Å². The summed E-state index contributed by atoms with van der Waals surface area (Å²) in [6.07, 6.45) is 3.25. The van der Waals surface area contributed by atoms with E-state index in [4.69, 9.17) is 4.74 Å². The molecule has 0 saturated carbocycles. The molecule has 3 aromatic carbocycles. The fraction of sp³-hybridized carbons (Fsp3) is 0.412. The summed E-state index contributed by atoms with van der Waals surface area (Å²) >= 11 is 0. The molecule has 1 fully saturated rings. The number of nitrogens with one attached hydrogen (secondary N) is 1. The lowest BCUT2D eigenvalue weighted by Crippen LogP contribution is -2.48. The van der Waals surface area contributed by atoms with E-state index < -0.39 is 11.6 Å². The normalized spacial score (nSPS) is 14.1. The van der Waals surface area contributed by atoms with Crippen LogP contribution < -0.4 is 10.1 Å². The van der Waals surface area contributed by atoms with Gasteiger partial charge in [-0.05, 0) is 78.8 Å². The second kappa shape index (κ2) is 15.0. The van der Waals surface area contributed by atoms with Crippen LogP contribution in [0.2, 0.25) is 0 Å². The van der Waals surface area contributed by atoms with E-state index >= 15 is 0 Å². The molecule has 1 saturated heterocycles. The molecule has 0 aliphatic carbocycles. The van der Waals surface area contributed by atoms with Crippen LogP contribution in [0.3, 0.4) is 0 Å². The van der Waals surface area contributed by atoms with Gasteiger partial charge in [-0.2, -0.15) is 0 Å². The lowest BCUT2D eigenvalue weighted by molar-refractivity contribution is -0.140. The standard InChI is InChI=1S/C34H41F2N3O4/c1-4-26(5-2)34(42)39(28-14-16-38(17-15-28)21-25-9-13-32(43-3)31(40)19-25)22-23-6-10-27(11-7-23)33(41)37-20-24-8-12-29(35)30(36)18-24/h6-13,18-19,26,28,40H,4-5,14-17,20-22H2,1-3H3,(H,37,41). The molecular formula is C34H41F2N3O4. The van der Waals surface area contributed by atoms with Gasteiger partial charge < -0.3 is 20.1 Å². The Morgan fingerprint density at radius 3 is 2.21 bits per heavy atom. The highest BCUT2D eigenvalue weighted by Gasteiger charge is 2.31. The van der Waals surface area contributed by atoms with Gasteiger partial charge in [0.2, 0.25) is 5.91 Å². The van der Waals surface area contributed by atoms with Crippen LogP contribution >= 0.6 is 0 Å². The van der Waals surface area contributed by atoms with Crippen molar-refractivity contribution in [1.82, 2.24) is 15.1 Å². The van der Waals surface area contributed by atoms with E-state index in [1.54, 1.807) is 24.3 Å². The first kappa shape index (κ1) is 31.9. The van der Waals surface area contributed by atoms with E-state index in [2.05, 4.69) is 10.2 Å². The number of nitrogens with zero attached hydrogens (tertiary/aromatic N) is 2. The molecule has 1 aliphatic rings. The number of carbonyl (C=O) groups is 2. The Kier molecular flexibility index (Phi) is 11.1.